The number of carbonyl (C=O) groups excluding carboxylic acids is 1. The first kappa shape index (κ1) is 15.3. The van der Waals surface area contributed by atoms with Crippen LogP contribution in [0.25, 0.3) is 5.69 Å². The van der Waals surface area contributed by atoms with Gasteiger partial charge in [0.1, 0.15) is 0 Å². The quantitative estimate of drug-likeness (QED) is 0.872. The number of carbonyl (C=O) groups is 1. The second-order valence-corrected chi connectivity index (χ2v) is 4.94. The van der Waals surface area contributed by atoms with Crippen molar-refractivity contribution in [3.05, 3.63) is 42.2 Å². The fourth-order valence-corrected chi connectivity index (χ4v) is 2.35. The molecule has 1 saturated heterocycles. The standard InChI is InChI=1S/C14H16N4O2.ClH/c15-10-6-7-17(8-10)14(20)13-12(19)9-18(16-13)11-4-2-1-3-5-11;/h1-5,9-10,19H,6-8,15H2;1H/t10-;/m1./s1. The van der Waals surface area contributed by atoms with Crippen LogP contribution in [0.2, 0.25) is 0 Å². The Morgan fingerprint density at radius 2 is 2.05 bits per heavy atom. The molecule has 1 aliphatic rings. The van der Waals surface area contributed by atoms with E-state index < -0.39 is 0 Å². The number of benzene rings is 1. The Hall–Kier alpha value is -2.05. The lowest BCUT2D eigenvalue weighted by molar-refractivity contribution is 0.0781. The highest BCUT2D eigenvalue weighted by Gasteiger charge is 2.28. The first-order valence-electron chi connectivity index (χ1n) is 6.54. The summed E-state index contributed by atoms with van der Waals surface area (Å²) in [5.74, 6) is -0.385. The molecule has 0 bridgehead atoms. The maximum absolute atomic E-state index is 12.3. The molecule has 0 aliphatic carbocycles. The van der Waals surface area contributed by atoms with Gasteiger partial charge in [0.2, 0.25) is 0 Å². The summed E-state index contributed by atoms with van der Waals surface area (Å²) in [6.07, 6.45) is 2.23. The van der Waals surface area contributed by atoms with Crippen LogP contribution in [0, 0.1) is 0 Å². The van der Waals surface area contributed by atoms with E-state index in [4.69, 9.17) is 5.73 Å². The predicted octanol–water partition coefficient (Wildman–Crippen LogP) is 1.17. The van der Waals surface area contributed by atoms with E-state index >= 15 is 0 Å². The molecule has 0 unspecified atom stereocenters. The molecule has 0 radical (unpaired) electrons. The maximum atomic E-state index is 12.3. The molecule has 0 spiro atoms. The van der Waals surface area contributed by atoms with Crippen molar-refractivity contribution < 1.29 is 9.90 Å². The zero-order valence-electron chi connectivity index (χ0n) is 11.3. The number of aromatic hydroxyl groups is 1. The Labute approximate surface area is 128 Å². The number of likely N-dealkylation sites (tertiary alicyclic amines) is 1. The molecule has 21 heavy (non-hydrogen) atoms. The minimum atomic E-state index is -0.273. The van der Waals surface area contributed by atoms with E-state index in [0.717, 1.165) is 12.1 Å². The third-order valence-electron chi connectivity index (χ3n) is 3.43. The zero-order chi connectivity index (χ0) is 14.1. The largest absolute Gasteiger partial charge is 0.504 e. The molecule has 1 atom stereocenters. The van der Waals surface area contributed by atoms with Gasteiger partial charge in [0.25, 0.3) is 5.91 Å². The number of aromatic nitrogens is 2. The highest BCUT2D eigenvalue weighted by Crippen LogP contribution is 2.21. The minimum Gasteiger partial charge on any atom is -0.504 e. The van der Waals surface area contributed by atoms with E-state index in [2.05, 4.69) is 5.10 Å². The van der Waals surface area contributed by atoms with Gasteiger partial charge in [-0.05, 0) is 18.6 Å². The fourth-order valence-electron chi connectivity index (χ4n) is 2.35. The first-order valence-corrected chi connectivity index (χ1v) is 6.54. The molecule has 7 heteroatoms. The molecule has 6 nitrogen and oxygen atoms in total. The molecule has 1 aromatic carbocycles. The molecule has 3 rings (SSSR count). The second kappa shape index (κ2) is 6.15. The lowest BCUT2D eigenvalue weighted by Crippen LogP contribution is -2.32. The summed E-state index contributed by atoms with van der Waals surface area (Å²) in [5.41, 5.74) is 6.66. The summed E-state index contributed by atoms with van der Waals surface area (Å²) in [6, 6.07) is 9.35. The van der Waals surface area contributed by atoms with Crippen molar-refractivity contribution in [3.63, 3.8) is 0 Å². The Kier molecular flexibility index (Phi) is 4.50. The summed E-state index contributed by atoms with van der Waals surface area (Å²) >= 11 is 0. The van der Waals surface area contributed by atoms with Crippen molar-refractivity contribution in [2.45, 2.75) is 12.5 Å². The summed E-state index contributed by atoms with van der Waals surface area (Å²) < 4.78 is 1.50. The van der Waals surface area contributed by atoms with Gasteiger partial charge in [0.15, 0.2) is 11.4 Å². The van der Waals surface area contributed by atoms with Crippen LogP contribution in [-0.2, 0) is 0 Å². The molecule has 1 amide bonds. The van der Waals surface area contributed by atoms with Crippen LogP contribution in [-0.4, -0.2) is 44.8 Å². The molecule has 2 heterocycles. The van der Waals surface area contributed by atoms with Crippen LogP contribution >= 0.6 is 12.4 Å². The van der Waals surface area contributed by atoms with E-state index in [1.807, 2.05) is 30.3 Å². The normalized spacial score (nSPS) is 17.6. The number of hydrogen-bond acceptors (Lipinski definition) is 4. The molecular weight excluding hydrogens is 292 g/mol. The Bertz CT molecular complexity index is 629. The average molecular weight is 309 g/mol. The molecule has 0 saturated carbocycles. The van der Waals surface area contributed by atoms with Crippen molar-refractivity contribution in [1.29, 1.82) is 0 Å². The number of para-hydroxylation sites is 1. The highest BCUT2D eigenvalue weighted by molar-refractivity contribution is 5.95. The first-order chi connectivity index (χ1) is 9.65. The molecule has 112 valence electrons. The summed E-state index contributed by atoms with van der Waals surface area (Å²) in [7, 11) is 0. The number of amides is 1. The van der Waals surface area contributed by atoms with Gasteiger partial charge in [0, 0.05) is 19.1 Å². The molecule has 1 aliphatic heterocycles. The Morgan fingerprint density at radius 1 is 1.33 bits per heavy atom. The van der Waals surface area contributed by atoms with Crippen LogP contribution in [0.3, 0.4) is 0 Å². The number of rotatable bonds is 2. The molecule has 1 fully saturated rings. The van der Waals surface area contributed by atoms with E-state index in [9.17, 15) is 9.90 Å². The third kappa shape index (κ3) is 3.01. The van der Waals surface area contributed by atoms with Crippen molar-refractivity contribution in [3.8, 4) is 11.4 Å². The van der Waals surface area contributed by atoms with Crippen molar-refractivity contribution in [2.24, 2.45) is 5.73 Å². The van der Waals surface area contributed by atoms with Gasteiger partial charge in [-0.3, -0.25) is 4.79 Å². The van der Waals surface area contributed by atoms with Crippen molar-refractivity contribution >= 4 is 18.3 Å². The molecular formula is C14H17ClN4O2. The number of halogens is 1. The van der Waals surface area contributed by atoms with Gasteiger partial charge >= 0.3 is 0 Å². The van der Waals surface area contributed by atoms with Gasteiger partial charge in [-0.15, -0.1) is 12.4 Å². The van der Waals surface area contributed by atoms with Gasteiger partial charge in [-0.25, -0.2) is 4.68 Å². The Morgan fingerprint density at radius 3 is 2.67 bits per heavy atom. The Balaban J connectivity index is 0.00000161. The van der Waals surface area contributed by atoms with Crippen LogP contribution in [0.4, 0.5) is 0 Å². The highest BCUT2D eigenvalue weighted by atomic mass is 35.5. The van der Waals surface area contributed by atoms with Crippen molar-refractivity contribution in [2.75, 3.05) is 13.1 Å². The van der Waals surface area contributed by atoms with E-state index in [1.165, 1.54) is 10.9 Å². The third-order valence-corrected chi connectivity index (χ3v) is 3.43. The zero-order valence-corrected chi connectivity index (χ0v) is 12.2. The summed E-state index contributed by atoms with van der Waals surface area (Å²) in [4.78, 5) is 13.9. The van der Waals surface area contributed by atoms with Gasteiger partial charge in [-0.1, -0.05) is 18.2 Å². The maximum Gasteiger partial charge on any atom is 0.278 e. The van der Waals surface area contributed by atoms with Gasteiger partial charge in [-0.2, -0.15) is 5.10 Å². The number of nitrogens with two attached hydrogens (primary N) is 1. The fraction of sp³-hybridized carbons (Fsp3) is 0.286. The van der Waals surface area contributed by atoms with Crippen LogP contribution < -0.4 is 5.73 Å². The van der Waals surface area contributed by atoms with Crippen LogP contribution in [0.1, 0.15) is 16.9 Å². The topological polar surface area (TPSA) is 84.4 Å². The average Bonchev–Trinajstić information content (AvgIpc) is 3.05. The van der Waals surface area contributed by atoms with E-state index in [1.54, 1.807) is 4.90 Å². The van der Waals surface area contributed by atoms with E-state index in [0.29, 0.717) is 13.1 Å². The second-order valence-electron chi connectivity index (χ2n) is 4.94. The predicted molar refractivity (Wildman–Crippen MR) is 81.0 cm³/mol. The van der Waals surface area contributed by atoms with E-state index in [-0.39, 0.29) is 35.8 Å². The summed E-state index contributed by atoms with van der Waals surface area (Å²) in [5, 5.41) is 14.1. The van der Waals surface area contributed by atoms with Crippen LogP contribution in [0.15, 0.2) is 36.5 Å². The summed E-state index contributed by atoms with van der Waals surface area (Å²) in [6.45, 7) is 1.12. The van der Waals surface area contributed by atoms with Crippen molar-refractivity contribution in [1.82, 2.24) is 14.7 Å². The van der Waals surface area contributed by atoms with Gasteiger partial charge < -0.3 is 15.7 Å². The minimum absolute atomic E-state index is 0. The monoisotopic (exact) mass is 308 g/mol. The molecule has 2 aromatic rings. The molecule has 3 N–H and O–H groups in total. The SMILES string of the molecule is Cl.N[C@@H]1CCN(C(=O)c2nn(-c3ccccc3)cc2O)C1. The number of nitrogens with zero attached hydrogens (tertiary/aromatic N) is 3. The smallest absolute Gasteiger partial charge is 0.278 e. The number of hydrogen-bond donors (Lipinski definition) is 2. The van der Waals surface area contributed by atoms with Crippen LogP contribution in [0.5, 0.6) is 5.75 Å². The van der Waals surface area contributed by atoms with Gasteiger partial charge in [0.05, 0.1) is 11.9 Å². The molecule has 1 aromatic heterocycles. The lowest BCUT2D eigenvalue weighted by Gasteiger charge is -2.13. The lowest BCUT2D eigenvalue weighted by atomic mass is 10.3.